The smallest absolute Gasteiger partial charge is 0.273 e. The van der Waals surface area contributed by atoms with Crippen molar-refractivity contribution in [3.8, 4) is 0 Å². The maximum absolute atomic E-state index is 13.0. The molecule has 1 aromatic heterocycles. The van der Waals surface area contributed by atoms with E-state index in [0.717, 1.165) is 12.8 Å². The fourth-order valence-corrected chi connectivity index (χ4v) is 3.01. The molecule has 1 aliphatic rings. The van der Waals surface area contributed by atoms with Gasteiger partial charge in [0.05, 0.1) is 11.0 Å². The molecule has 10 heteroatoms. The lowest BCUT2D eigenvalue weighted by molar-refractivity contribution is -0.385. The zero-order valence-electron chi connectivity index (χ0n) is 15.3. The van der Waals surface area contributed by atoms with Crippen molar-refractivity contribution in [1.82, 2.24) is 10.1 Å². The average Bonchev–Trinajstić information content (AvgIpc) is 3.35. The van der Waals surface area contributed by atoms with Crippen molar-refractivity contribution in [2.24, 2.45) is 0 Å². The van der Waals surface area contributed by atoms with Crippen molar-refractivity contribution in [3.63, 3.8) is 0 Å². The summed E-state index contributed by atoms with van der Waals surface area (Å²) >= 11 is 0. The molecule has 1 saturated heterocycles. The number of anilines is 1. The number of nitro groups is 1. The summed E-state index contributed by atoms with van der Waals surface area (Å²) in [5.41, 5.74) is 0.454. The number of aromatic nitrogens is 1. The van der Waals surface area contributed by atoms with Gasteiger partial charge in [-0.1, -0.05) is 11.2 Å². The summed E-state index contributed by atoms with van der Waals surface area (Å²) in [6.07, 6.45) is 2.80. The zero-order chi connectivity index (χ0) is 20.1. The quantitative estimate of drug-likeness (QED) is 0.568. The number of nitro benzene ring substituents is 1. The van der Waals surface area contributed by atoms with Gasteiger partial charge in [-0.2, -0.15) is 0 Å². The minimum absolute atomic E-state index is 0.143. The molecule has 0 aliphatic carbocycles. The number of hydrogen-bond acceptors (Lipinski definition) is 7. The van der Waals surface area contributed by atoms with Crippen LogP contribution in [0.3, 0.4) is 0 Å². The van der Waals surface area contributed by atoms with Crippen LogP contribution in [0.2, 0.25) is 0 Å². The molecule has 1 fully saturated rings. The lowest BCUT2D eigenvalue weighted by Gasteiger charge is -2.25. The molecule has 0 saturated carbocycles. The van der Waals surface area contributed by atoms with Crippen molar-refractivity contribution in [2.75, 3.05) is 25.0 Å². The molecule has 0 spiro atoms. The number of benzene rings is 1. The molecular weight excluding hydrogens is 368 g/mol. The SMILES string of the molecule is Cc1ccc(C(=O)N(CC(=O)Nc2ccon2)C[C@@H]2CCCO2)cc1[N+](=O)[O-]. The van der Waals surface area contributed by atoms with Crippen LogP contribution < -0.4 is 5.32 Å². The molecule has 10 nitrogen and oxygen atoms in total. The van der Waals surface area contributed by atoms with Crippen molar-refractivity contribution in [3.05, 3.63) is 51.8 Å². The van der Waals surface area contributed by atoms with Gasteiger partial charge in [0.1, 0.15) is 12.8 Å². The summed E-state index contributed by atoms with van der Waals surface area (Å²) in [5.74, 6) is -0.698. The first-order chi connectivity index (χ1) is 13.4. The van der Waals surface area contributed by atoms with Gasteiger partial charge in [0.15, 0.2) is 5.82 Å². The van der Waals surface area contributed by atoms with Crippen molar-refractivity contribution in [1.29, 1.82) is 0 Å². The van der Waals surface area contributed by atoms with E-state index in [-0.39, 0.29) is 36.3 Å². The summed E-state index contributed by atoms with van der Waals surface area (Å²) in [4.78, 5) is 37.3. The molecule has 1 atom stereocenters. The Kier molecular flexibility index (Phi) is 5.99. The number of amides is 2. The number of nitrogens with one attached hydrogen (secondary N) is 1. The first-order valence-electron chi connectivity index (χ1n) is 8.80. The van der Waals surface area contributed by atoms with Crippen molar-refractivity contribution in [2.45, 2.75) is 25.9 Å². The van der Waals surface area contributed by atoms with Gasteiger partial charge < -0.3 is 19.5 Å². The number of rotatable bonds is 7. The molecule has 1 aromatic carbocycles. The third kappa shape index (κ3) is 4.71. The number of carbonyl (C=O) groups is 2. The van der Waals surface area contributed by atoms with Crippen LogP contribution in [-0.2, 0) is 9.53 Å². The third-order valence-corrected chi connectivity index (χ3v) is 4.43. The number of nitrogens with zero attached hydrogens (tertiary/aromatic N) is 3. The number of aryl methyl sites for hydroxylation is 1. The lowest BCUT2D eigenvalue weighted by atomic mass is 10.1. The molecule has 3 rings (SSSR count). The largest absolute Gasteiger partial charge is 0.376 e. The number of carbonyl (C=O) groups excluding carboxylic acids is 2. The van der Waals surface area contributed by atoms with Crippen LogP contribution in [-0.4, -0.2) is 52.6 Å². The molecule has 2 amide bonds. The van der Waals surface area contributed by atoms with Gasteiger partial charge in [0, 0.05) is 36.4 Å². The van der Waals surface area contributed by atoms with Crippen molar-refractivity contribution >= 4 is 23.3 Å². The second-order valence-electron chi connectivity index (χ2n) is 6.51. The first-order valence-corrected chi connectivity index (χ1v) is 8.80. The molecule has 2 heterocycles. The first kappa shape index (κ1) is 19.5. The zero-order valence-corrected chi connectivity index (χ0v) is 15.3. The monoisotopic (exact) mass is 388 g/mol. The van der Waals surface area contributed by atoms with Gasteiger partial charge in [0.25, 0.3) is 11.6 Å². The van der Waals surface area contributed by atoms with E-state index in [4.69, 9.17) is 4.74 Å². The second kappa shape index (κ2) is 8.61. The normalized spacial score (nSPS) is 16.0. The van der Waals surface area contributed by atoms with Crippen LogP contribution in [0.5, 0.6) is 0 Å². The maximum Gasteiger partial charge on any atom is 0.273 e. The summed E-state index contributed by atoms with van der Waals surface area (Å²) in [6, 6.07) is 5.75. The van der Waals surface area contributed by atoms with Crippen LogP contribution in [0, 0.1) is 17.0 Å². The Balaban J connectivity index is 1.78. The second-order valence-corrected chi connectivity index (χ2v) is 6.51. The van der Waals surface area contributed by atoms with Crippen LogP contribution >= 0.6 is 0 Å². The van der Waals surface area contributed by atoms with E-state index < -0.39 is 16.7 Å². The minimum atomic E-state index is -0.534. The standard InChI is InChI=1S/C18H20N4O6/c1-12-4-5-13(9-15(12)22(25)26)18(24)21(10-14-3-2-7-27-14)11-17(23)19-16-6-8-28-20-16/h4-6,8-9,14H,2-3,7,10-11H2,1H3,(H,19,20,23)/t14-/m0/s1. The van der Waals surface area contributed by atoms with E-state index >= 15 is 0 Å². The highest BCUT2D eigenvalue weighted by Crippen LogP contribution is 2.21. The van der Waals surface area contributed by atoms with E-state index in [0.29, 0.717) is 12.2 Å². The molecule has 0 bridgehead atoms. The van der Waals surface area contributed by atoms with E-state index in [1.165, 1.54) is 35.4 Å². The summed E-state index contributed by atoms with van der Waals surface area (Å²) in [5, 5.41) is 17.3. The van der Waals surface area contributed by atoms with Gasteiger partial charge in [-0.3, -0.25) is 19.7 Å². The number of hydrogen-bond donors (Lipinski definition) is 1. The number of ether oxygens (including phenoxy) is 1. The highest BCUT2D eigenvalue weighted by molar-refractivity contribution is 5.99. The summed E-state index contributed by atoms with van der Waals surface area (Å²) in [7, 11) is 0. The summed E-state index contributed by atoms with van der Waals surface area (Å²) in [6.45, 7) is 2.18. The fraction of sp³-hybridized carbons (Fsp3) is 0.389. The van der Waals surface area contributed by atoms with Gasteiger partial charge in [-0.05, 0) is 25.8 Å². The Morgan fingerprint density at radius 2 is 2.21 bits per heavy atom. The highest BCUT2D eigenvalue weighted by atomic mass is 16.6. The van der Waals surface area contributed by atoms with E-state index in [1.54, 1.807) is 6.92 Å². The van der Waals surface area contributed by atoms with Crippen LogP contribution in [0.25, 0.3) is 0 Å². The van der Waals surface area contributed by atoms with E-state index in [1.807, 2.05) is 0 Å². The van der Waals surface area contributed by atoms with Gasteiger partial charge >= 0.3 is 0 Å². The topological polar surface area (TPSA) is 128 Å². The Morgan fingerprint density at radius 3 is 2.86 bits per heavy atom. The molecule has 1 aliphatic heterocycles. The van der Waals surface area contributed by atoms with E-state index in [9.17, 15) is 19.7 Å². The Bertz CT molecular complexity index is 861. The lowest BCUT2D eigenvalue weighted by Crippen LogP contribution is -2.42. The molecule has 0 radical (unpaired) electrons. The van der Waals surface area contributed by atoms with Gasteiger partial charge in [-0.15, -0.1) is 0 Å². The summed E-state index contributed by atoms with van der Waals surface area (Å²) < 4.78 is 10.2. The van der Waals surface area contributed by atoms with Crippen molar-refractivity contribution < 1.29 is 23.8 Å². The highest BCUT2D eigenvalue weighted by Gasteiger charge is 2.26. The van der Waals surface area contributed by atoms with Gasteiger partial charge in [0.2, 0.25) is 5.91 Å². The molecule has 148 valence electrons. The van der Waals surface area contributed by atoms with Crippen LogP contribution in [0.15, 0.2) is 35.1 Å². The molecular formula is C18H20N4O6. The molecule has 28 heavy (non-hydrogen) atoms. The Hall–Kier alpha value is -3.27. The Labute approximate surface area is 160 Å². The minimum Gasteiger partial charge on any atom is -0.376 e. The van der Waals surface area contributed by atoms with E-state index in [2.05, 4.69) is 15.0 Å². The van der Waals surface area contributed by atoms with Crippen LogP contribution in [0.1, 0.15) is 28.8 Å². The molecule has 0 unspecified atom stereocenters. The predicted molar refractivity (Wildman–Crippen MR) is 97.8 cm³/mol. The van der Waals surface area contributed by atoms with Crippen LogP contribution in [0.4, 0.5) is 11.5 Å². The molecule has 1 N–H and O–H groups in total. The van der Waals surface area contributed by atoms with Gasteiger partial charge in [-0.25, -0.2) is 0 Å². The Morgan fingerprint density at radius 1 is 1.39 bits per heavy atom. The predicted octanol–water partition coefficient (Wildman–Crippen LogP) is 2.15. The maximum atomic E-state index is 13.0. The molecule has 2 aromatic rings. The average molecular weight is 388 g/mol. The fourth-order valence-electron chi connectivity index (χ4n) is 3.01. The third-order valence-electron chi connectivity index (χ3n) is 4.43.